The number of terminal acetylenes is 1. The Morgan fingerprint density at radius 1 is 1.14 bits per heavy atom. The lowest BCUT2D eigenvalue weighted by molar-refractivity contribution is -0.122. The molecule has 0 amide bonds. The van der Waals surface area contributed by atoms with Crippen molar-refractivity contribution in [3.05, 3.63) is 64.6 Å². The van der Waals surface area contributed by atoms with E-state index in [4.69, 9.17) is 21.1 Å². The monoisotopic (exact) mass is 692 g/mol. The van der Waals surface area contributed by atoms with Gasteiger partial charge in [-0.25, -0.2) is 22.5 Å². The van der Waals surface area contributed by atoms with Crippen LogP contribution in [0.15, 0.2) is 30.6 Å². The van der Waals surface area contributed by atoms with E-state index in [2.05, 4.69) is 36.0 Å². The summed E-state index contributed by atoms with van der Waals surface area (Å²) in [6, 6.07) is 3.28. The highest BCUT2D eigenvalue weighted by molar-refractivity contribution is 5.80. The second-order valence-electron chi connectivity index (χ2n) is 14.6. The Labute approximate surface area is 285 Å². The highest BCUT2D eigenvalue weighted by atomic mass is 19.3. The summed E-state index contributed by atoms with van der Waals surface area (Å²) < 4.78 is 66.1. The van der Waals surface area contributed by atoms with Gasteiger partial charge in [-0.15, -0.1) is 6.42 Å². The van der Waals surface area contributed by atoms with Gasteiger partial charge in [-0.1, -0.05) is 12.0 Å². The van der Waals surface area contributed by atoms with E-state index < -0.39 is 34.1 Å². The van der Waals surface area contributed by atoms with Gasteiger partial charge in [0.25, 0.3) is 12.4 Å². The van der Waals surface area contributed by atoms with Gasteiger partial charge in [-0.3, -0.25) is 14.7 Å². The van der Waals surface area contributed by atoms with Crippen molar-refractivity contribution in [2.24, 2.45) is 5.41 Å². The maximum atomic E-state index is 16.5. The van der Waals surface area contributed by atoms with E-state index in [0.29, 0.717) is 48.3 Å². The number of carbonyl (C=O) groups is 1. The second kappa shape index (κ2) is 11.6. The van der Waals surface area contributed by atoms with E-state index in [1.165, 1.54) is 18.5 Å². The lowest BCUT2D eigenvalue weighted by Crippen LogP contribution is -2.51. The number of halogens is 4. The Hall–Kier alpha value is -4.32. The van der Waals surface area contributed by atoms with Crippen molar-refractivity contribution in [3.63, 3.8) is 0 Å². The van der Waals surface area contributed by atoms with Crippen molar-refractivity contribution in [2.75, 3.05) is 32.8 Å². The van der Waals surface area contributed by atoms with E-state index in [9.17, 15) is 18.3 Å². The van der Waals surface area contributed by atoms with Gasteiger partial charge < -0.3 is 25.2 Å². The molecule has 2 bridgehead atoms. The van der Waals surface area contributed by atoms with E-state index in [-0.39, 0.29) is 60.8 Å². The van der Waals surface area contributed by atoms with Crippen molar-refractivity contribution in [1.29, 1.82) is 0 Å². The molecule has 262 valence electrons. The van der Waals surface area contributed by atoms with Gasteiger partial charge in [0.1, 0.15) is 29.2 Å². The van der Waals surface area contributed by atoms with E-state index in [1.807, 2.05) is 0 Å². The average Bonchev–Trinajstić information content (AvgIpc) is 3.41. The molecule has 1 saturated carbocycles. The molecule has 0 radical (unpaired) electrons. The Balaban J connectivity index is 0.00000116. The maximum Gasteiger partial charge on any atom is 0.317 e. The molecule has 6 heterocycles. The average molecular weight is 693 g/mol. The van der Waals surface area contributed by atoms with Crippen LogP contribution < -0.4 is 10.1 Å². The molecule has 2 aromatic heterocycles. The predicted octanol–water partition coefficient (Wildman–Crippen LogP) is 3.85. The third kappa shape index (κ3) is 5.12. The quantitative estimate of drug-likeness (QED) is 0.207. The number of fused-ring (bicyclic) bond motifs is 5. The van der Waals surface area contributed by atoms with Crippen LogP contribution >= 0.6 is 0 Å². The van der Waals surface area contributed by atoms with Crippen LogP contribution in [0.4, 0.5) is 17.6 Å². The van der Waals surface area contributed by atoms with Crippen molar-refractivity contribution in [2.45, 2.75) is 74.1 Å². The number of aliphatic hydroxyl groups is 1. The maximum absolute atomic E-state index is 16.5. The number of rotatable bonds is 5. The lowest BCUT2D eigenvalue weighted by Gasteiger charge is -2.41. The number of hydrogen-bond donors (Lipinski definition) is 3. The molecule has 5 fully saturated rings. The first-order chi connectivity index (χ1) is 23.9. The number of carboxylic acid groups (broad SMARTS) is 1. The molecule has 4 aliphatic heterocycles. The summed E-state index contributed by atoms with van der Waals surface area (Å²) in [4.78, 5) is 25.6. The van der Waals surface area contributed by atoms with Crippen LogP contribution in [0.25, 0.3) is 16.6 Å². The van der Waals surface area contributed by atoms with Gasteiger partial charge in [0, 0.05) is 73.6 Å². The minimum atomic E-state index is -2.65. The van der Waals surface area contributed by atoms with Crippen LogP contribution in [0, 0.1) is 29.4 Å². The normalized spacial score (nSPS) is 31.8. The summed E-state index contributed by atoms with van der Waals surface area (Å²) in [5.74, 6) is -1.50. The number of piperazine rings is 1. The molecule has 1 aromatic carbocycles. The van der Waals surface area contributed by atoms with Crippen LogP contribution in [0.2, 0.25) is 0 Å². The molecular formula is C36H36F4N6O4. The molecule has 1 unspecified atom stereocenters. The number of aromatic nitrogens is 3. The Bertz CT molecular complexity index is 1960. The van der Waals surface area contributed by atoms with Crippen molar-refractivity contribution in [1.82, 2.24) is 30.1 Å². The fourth-order valence-electron chi connectivity index (χ4n) is 9.21. The molecule has 1 spiro atoms. The number of likely N-dealkylation sites (tertiary alicyclic amines) is 1. The highest BCUT2D eigenvalue weighted by Crippen LogP contribution is 2.69. The standard InChI is InChI=1S/C35H34F4N6O2.CH2O2/c1-2-24-25(36)7-4-20-10-34(46,11-26(27(20)24)44-14-22-5-6-23(15-44)42-22)30-28(37)29-21(12-40-30)13-41-31(43-29)47-19-33-8-3-9-45(33)18-32(16-33)17-35(32,38)39;2-1-3/h1,4,7,11-13,22-23,42,46H,3,5-6,8-10,14-19H2;1H,(H,2,3)/t22-,23+,32-,33-,34?;/m0./s1. The summed E-state index contributed by atoms with van der Waals surface area (Å²) in [6.07, 6.45) is 14.0. The molecule has 14 heteroatoms. The fourth-order valence-corrected chi connectivity index (χ4v) is 9.21. The second-order valence-corrected chi connectivity index (χ2v) is 14.6. The number of pyridine rings is 1. The Kier molecular flexibility index (Phi) is 7.63. The number of hydrogen-bond acceptors (Lipinski definition) is 9. The van der Waals surface area contributed by atoms with Crippen molar-refractivity contribution in [3.8, 4) is 18.4 Å². The first-order valence-corrected chi connectivity index (χ1v) is 16.8. The summed E-state index contributed by atoms with van der Waals surface area (Å²) in [7, 11) is 0. The summed E-state index contributed by atoms with van der Waals surface area (Å²) >= 11 is 0. The Morgan fingerprint density at radius 3 is 2.56 bits per heavy atom. The summed E-state index contributed by atoms with van der Waals surface area (Å²) in [6.45, 7) is 2.25. The van der Waals surface area contributed by atoms with Gasteiger partial charge >= 0.3 is 6.01 Å². The van der Waals surface area contributed by atoms with Crippen molar-refractivity contribution >= 4 is 23.1 Å². The first kappa shape index (κ1) is 32.9. The van der Waals surface area contributed by atoms with Crippen LogP contribution in [-0.2, 0) is 16.8 Å². The molecular weight excluding hydrogens is 656 g/mol. The summed E-state index contributed by atoms with van der Waals surface area (Å²) in [5, 5.41) is 23.0. The molecule has 4 saturated heterocycles. The number of ether oxygens (including phenoxy) is 1. The molecule has 3 aromatic rings. The molecule has 3 N–H and O–H groups in total. The van der Waals surface area contributed by atoms with Crippen LogP contribution in [0.3, 0.4) is 0 Å². The third-order valence-electron chi connectivity index (χ3n) is 11.6. The zero-order valence-electron chi connectivity index (χ0n) is 27.1. The predicted molar refractivity (Wildman–Crippen MR) is 173 cm³/mol. The fraction of sp³-hybridized carbons (Fsp3) is 0.500. The van der Waals surface area contributed by atoms with Gasteiger partial charge in [-0.2, -0.15) is 4.98 Å². The largest absolute Gasteiger partial charge is 0.483 e. The number of nitrogens with one attached hydrogen (secondary N) is 1. The molecule has 2 aliphatic carbocycles. The number of benzene rings is 1. The molecule has 50 heavy (non-hydrogen) atoms. The number of nitrogens with zero attached hydrogens (tertiary/aromatic N) is 5. The Morgan fingerprint density at radius 2 is 1.86 bits per heavy atom. The smallest absolute Gasteiger partial charge is 0.317 e. The van der Waals surface area contributed by atoms with Crippen LogP contribution in [0.1, 0.15) is 60.9 Å². The topological polar surface area (TPSA) is 124 Å². The van der Waals surface area contributed by atoms with Gasteiger partial charge in [0.2, 0.25) is 0 Å². The van der Waals surface area contributed by atoms with E-state index in [1.54, 1.807) is 12.1 Å². The minimum absolute atomic E-state index is 0.0686. The lowest BCUT2D eigenvalue weighted by atomic mass is 9.79. The highest BCUT2D eigenvalue weighted by Gasteiger charge is 2.77. The third-order valence-corrected chi connectivity index (χ3v) is 11.6. The molecule has 9 rings (SSSR count). The van der Waals surface area contributed by atoms with Gasteiger partial charge in [-0.05, 0) is 56.4 Å². The van der Waals surface area contributed by atoms with E-state index >= 15 is 4.39 Å². The SMILES string of the molecule is C#Cc1c(F)ccc2c1C(N1C[C@H]3CC[C@@H](C1)N3)=CC(O)(c1ncc3cnc(OC[C@@]45CCCN4C[C@@]4(CC4(F)F)C5)nc3c1F)C2.O=CO. The molecule has 6 aliphatic rings. The van der Waals surface area contributed by atoms with E-state index in [0.717, 1.165) is 32.2 Å². The zero-order chi connectivity index (χ0) is 35.1. The first-order valence-electron chi connectivity index (χ1n) is 16.8. The van der Waals surface area contributed by atoms with Crippen LogP contribution in [0.5, 0.6) is 6.01 Å². The number of alkyl halides is 2. The van der Waals surface area contributed by atoms with Gasteiger partial charge in [0.15, 0.2) is 5.82 Å². The summed E-state index contributed by atoms with van der Waals surface area (Å²) in [5.41, 5.74) is -1.89. The van der Waals surface area contributed by atoms with Crippen molar-refractivity contribution < 1.29 is 37.3 Å². The molecule has 10 nitrogen and oxygen atoms in total. The minimum Gasteiger partial charge on any atom is -0.483 e. The molecule has 5 atom stereocenters. The zero-order valence-corrected chi connectivity index (χ0v) is 27.1. The van der Waals surface area contributed by atoms with Crippen LogP contribution in [-0.4, -0.2) is 97.8 Å². The van der Waals surface area contributed by atoms with Gasteiger partial charge in [0.05, 0.1) is 16.5 Å².